The zero-order valence-corrected chi connectivity index (χ0v) is 21.1. The number of imide groups is 1. The Labute approximate surface area is 223 Å². The SMILES string of the molecule is CCCCOC(=O)c1cccc(N2C(=O)C(Cl)=C(Nc3ccc(C(=O)Nc4cccc(O)c4)cc3)C2=O)c1. The lowest BCUT2D eigenvalue weighted by atomic mass is 10.1. The summed E-state index contributed by atoms with van der Waals surface area (Å²) in [5.74, 6) is -2.35. The number of ether oxygens (including phenoxy) is 1. The van der Waals surface area contributed by atoms with E-state index in [1.165, 1.54) is 42.5 Å². The van der Waals surface area contributed by atoms with E-state index in [2.05, 4.69) is 10.6 Å². The van der Waals surface area contributed by atoms with Gasteiger partial charge in [-0.05, 0) is 61.0 Å². The number of phenolic OH excluding ortho intramolecular Hbond substituents is 1. The van der Waals surface area contributed by atoms with Gasteiger partial charge in [0.05, 0.1) is 17.9 Å². The highest BCUT2D eigenvalue weighted by atomic mass is 35.5. The number of phenols is 1. The molecule has 0 saturated heterocycles. The van der Waals surface area contributed by atoms with Crippen molar-refractivity contribution in [3.63, 3.8) is 0 Å². The largest absolute Gasteiger partial charge is 0.508 e. The summed E-state index contributed by atoms with van der Waals surface area (Å²) in [5.41, 5.74) is 1.43. The molecule has 0 radical (unpaired) electrons. The molecule has 3 amide bonds. The summed E-state index contributed by atoms with van der Waals surface area (Å²) < 4.78 is 5.21. The van der Waals surface area contributed by atoms with Gasteiger partial charge in [-0.15, -0.1) is 0 Å². The molecule has 0 aliphatic carbocycles. The van der Waals surface area contributed by atoms with Gasteiger partial charge in [0.15, 0.2) is 0 Å². The minimum absolute atomic E-state index is 0.0240. The molecule has 3 aromatic rings. The molecule has 0 saturated carbocycles. The molecule has 194 valence electrons. The van der Waals surface area contributed by atoms with Gasteiger partial charge in [-0.2, -0.15) is 0 Å². The summed E-state index contributed by atoms with van der Waals surface area (Å²) in [6.07, 6.45) is 1.60. The second kappa shape index (κ2) is 11.6. The van der Waals surface area contributed by atoms with Crippen molar-refractivity contribution in [2.75, 3.05) is 22.1 Å². The highest BCUT2D eigenvalue weighted by Crippen LogP contribution is 2.31. The fraction of sp³-hybridized carbons (Fsp3) is 0.143. The first kappa shape index (κ1) is 26.4. The van der Waals surface area contributed by atoms with Gasteiger partial charge in [-0.25, -0.2) is 9.69 Å². The van der Waals surface area contributed by atoms with Crippen LogP contribution in [0.5, 0.6) is 5.75 Å². The van der Waals surface area contributed by atoms with Gasteiger partial charge in [-0.3, -0.25) is 14.4 Å². The maximum absolute atomic E-state index is 13.1. The van der Waals surface area contributed by atoms with Gasteiger partial charge in [0, 0.05) is 23.0 Å². The Bertz CT molecular complexity index is 1430. The summed E-state index contributed by atoms with van der Waals surface area (Å²) in [6.45, 7) is 2.25. The predicted molar refractivity (Wildman–Crippen MR) is 143 cm³/mol. The summed E-state index contributed by atoms with van der Waals surface area (Å²) in [4.78, 5) is 51.7. The van der Waals surface area contributed by atoms with E-state index in [0.717, 1.165) is 17.7 Å². The Morgan fingerprint density at radius 3 is 2.37 bits per heavy atom. The third-order valence-electron chi connectivity index (χ3n) is 5.62. The third kappa shape index (κ3) is 5.84. The topological polar surface area (TPSA) is 125 Å². The van der Waals surface area contributed by atoms with Crippen molar-refractivity contribution in [1.29, 1.82) is 0 Å². The first-order valence-electron chi connectivity index (χ1n) is 11.8. The molecule has 4 rings (SSSR count). The average molecular weight is 534 g/mol. The van der Waals surface area contributed by atoms with E-state index in [1.807, 2.05) is 6.92 Å². The first-order valence-corrected chi connectivity index (χ1v) is 12.2. The third-order valence-corrected chi connectivity index (χ3v) is 5.97. The fourth-order valence-corrected chi connectivity index (χ4v) is 3.86. The van der Waals surface area contributed by atoms with E-state index in [1.54, 1.807) is 30.3 Å². The molecule has 0 spiro atoms. The number of halogens is 1. The number of aromatic hydroxyl groups is 1. The summed E-state index contributed by atoms with van der Waals surface area (Å²) >= 11 is 6.22. The Morgan fingerprint density at radius 2 is 1.66 bits per heavy atom. The van der Waals surface area contributed by atoms with Crippen LogP contribution in [0.2, 0.25) is 0 Å². The summed E-state index contributed by atoms with van der Waals surface area (Å²) in [7, 11) is 0. The molecule has 3 N–H and O–H groups in total. The second-order valence-corrected chi connectivity index (χ2v) is 8.76. The van der Waals surface area contributed by atoms with Gasteiger partial charge in [0.25, 0.3) is 17.7 Å². The van der Waals surface area contributed by atoms with Gasteiger partial charge < -0.3 is 20.5 Å². The molecule has 0 unspecified atom stereocenters. The number of esters is 1. The second-order valence-electron chi connectivity index (χ2n) is 8.38. The molecule has 0 bridgehead atoms. The van der Waals surface area contributed by atoms with Crippen LogP contribution in [0.4, 0.5) is 17.1 Å². The van der Waals surface area contributed by atoms with Crippen LogP contribution in [0.15, 0.2) is 83.5 Å². The number of nitrogens with one attached hydrogen (secondary N) is 2. The molecule has 1 aliphatic heterocycles. The number of benzene rings is 3. The van der Waals surface area contributed by atoms with Gasteiger partial charge in [-0.1, -0.05) is 37.1 Å². The lowest BCUT2D eigenvalue weighted by molar-refractivity contribution is -0.120. The van der Waals surface area contributed by atoms with Crippen molar-refractivity contribution < 1.29 is 29.0 Å². The highest BCUT2D eigenvalue weighted by molar-refractivity contribution is 6.53. The number of amides is 3. The van der Waals surface area contributed by atoms with Crippen LogP contribution in [0.25, 0.3) is 0 Å². The van der Waals surface area contributed by atoms with E-state index >= 15 is 0 Å². The fourth-order valence-electron chi connectivity index (χ4n) is 3.65. The number of anilines is 3. The van der Waals surface area contributed by atoms with E-state index in [9.17, 15) is 24.3 Å². The number of hydrogen-bond acceptors (Lipinski definition) is 7. The molecular weight excluding hydrogens is 510 g/mol. The quantitative estimate of drug-likeness (QED) is 0.200. The minimum atomic E-state index is -0.738. The summed E-state index contributed by atoms with van der Waals surface area (Å²) in [5, 5.41) is 14.8. The van der Waals surface area contributed by atoms with E-state index < -0.39 is 23.7 Å². The lowest BCUT2D eigenvalue weighted by Gasteiger charge is -2.16. The Hall–Kier alpha value is -4.63. The molecule has 1 aliphatic rings. The van der Waals surface area contributed by atoms with Crippen LogP contribution in [-0.4, -0.2) is 35.4 Å². The number of rotatable bonds is 9. The highest BCUT2D eigenvalue weighted by Gasteiger charge is 2.39. The minimum Gasteiger partial charge on any atom is -0.508 e. The van der Waals surface area contributed by atoms with E-state index in [0.29, 0.717) is 16.9 Å². The van der Waals surface area contributed by atoms with Crippen molar-refractivity contribution in [2.45, 2.75) is 19.8 Å². The molecular formula is C28H24ClN3O6. The number of hydrogen-bond donors (Lipinski definition) is 3. The maximum Gasteiger partial charge on any atom is 0.338 e. The van der Waals surface area contributed by atoms with Crippen molar-refractivity contribution in [3.8, 4) is 5.75 Å². The zero-order chi connectivity index (χ0) is 27.2. The molecule has 10 heteroatoms. The normalized spacial score (nSPS) is 13.1. The van der Waals surface area contributed by atoms with E-state index in [-0.39, 0.29) is 34.3 Å². The van der Waals surface area contributed by atoms with Crippen molar-refractivity contribution >= 4 is 52.4 Å². The zero-order valence-electron chi connectivity index (χ0n) is 20.4. The Morgan fingerprint density at radius 1 is 0.921 bits per heavy atom. The van der Waals surface area contributed by atoms with Crippen molar-refractivity contribution in [1.82, 2.24) is 0 Å². The number of carbonyl (C=O) groups is 4. The molecule has 38 heavy (non-hydrogen) atoms. The standard InChI is InChI=1S/C28H24ClN3O6/c1-2-3-14-38-28(37)18-6-4-8-21(15-18)32-26(35)23(29)24(27(32)36)30-19-12-10-17(11-13-19)25(34)31-20-7-5-9-22(33)16-20/h4-13,15-16,30,33H,2-3,14H2,1H3,(H,31,34). The Kier molecular flexibility index (Phi) is 8.08. The maximum atomic E-state index is 13.1. The Balaban J connectivity index is 1.45. The molecule has 1 heterocycles. The van der Waals surface area contributed by atoms with Crippen molar-refractivity contribution in [3.05, 3.63) is 94.7 Å². The van der Waals surface area contributed by atoms with Crippen LogP contribution >= 0.6 is 11.6 Å². The van der Waals surface area contributed by atoms with E-state index in [4.69, 9.17) is 16.3 Å². The molecule has 0 fully saturated rings. The monoisotopic (exact) mass is 533 g/mol. The number of nitrogens with zero attached hydrogens (tertiary/aromatic N) is 1. The molecule has 3 aromatic carbocycles. The van der Waals surface area contributed by atoms with Crippen molar-refractivity contribution in [2.24, 2.45) is 0 Å². The van der Waals surface area contributed by atoms with Crippen LogP contribution in [0, 0.1) is 0 Å². The number of carbonyl (C=O) groups excluding carboxylic acids is 4. The van der Waals surface area contributed by atoms with Crippen LogP contribution < -0.4 is 15.5 Å². The van der Waals surface area contributed by atoms with Gasteiger partial charge in [0.2, 0.25) is 0 Å². The van der Waals surface area contributed by atoms with Gasteiger partial charge >= 0.3 is 5.97 Å². The summed E-state index contributed by atoms with van der Waals surface area (Å²) in [6, 6.07) is 18.3. The van der Waals surface area contributed by atoms with Crippen LogP contribution in [0.1, 0.15) is 40.5 Å². The molecule has 0 aromatic heterocycles. The smallest absolute Gasteiger partial charge is 0.338 e. The lowest BCUT2D eigenvalue weighted by Crippen LogP contribution is -2.32. The predicted octanol–water partition coefficient (Wildman–Crippen LogP) is 5.04. The molecule has 9 nitrogen and oxygen atoms in total. The number of unbranched alkanes of at least 4 members (excludes halogenated alkanes) is 1. The first-order chi connectivity index (χ1) is 18.3. The molecule has 0 atom stereocenters. The van der Waals surface area contributed by atoms with Crippen LogP contribution in [-0.2, 0) is 14.3 Å². The van der Waals surface area contributed by atoms with Crippen LogP contribution in [0.3, 0.4) is 0 Å². The average Bonchev–Trinajstić information content (AvgIpc) is 3.12. The van der Waals surface area contributed by atoms with Gasteiger partial charge in [0.1, 0.15) is 16.5 Å².